The van der Waals surface area contributed by atoms with Gasteiger partial charge in [0.15, 0.2) is 107 Å². The van der Waals surface area contributed by atoms with Crippen LogP contribution in [-0.4, -0.2) is 208 Å². The zero-order valence-corrected chi connectivity index (χ0v) is 66.0. The second-order valence-electron chi connectivity index (χ2n) is 28.2. The molecule has 42 nitrogen and oxygen atoms in total. The van der Waals surface area contributed by atoms with Crippen LogP contribution in [0.3, 0.4) is 0 Å². The fraction of sp³-hybridized carbons (Fsp3) is 0.253. The third kappa shape index (κ3) is 17.8. The van der Waals surface area contributed by atoms with E-state index in [9.17, 15) is 58.5 Å². The SMILES string of the molecule is CCNC(=O)Nc1ncnc2c1ncn2C1OC(C(=O)Nc2ccccc2C(=O)O)C2O[C@@H](c3ccccc3)OC21.CCNC(=O)Nc1ncnc2c1ncn2C1OC(C(=O)Nc2ccccc2C(=O)O)C2O[C@H](/C=C/c3ccccc3)OC21.CCNC(=O)Nc1ncnc2c1ncn2C1OC(C(=O)Nc2ccccc2C(=O)O)C2O[C@H](c3ccccc3)OC21. The Bertz CT molecular complexity index is 5830. The third-order valence-corrected chi connectivity index (χ3v) is 20.3. The molecule has 15 atom stereocenters. The maximum Gasteiger partial charge on any atom is 0.337 e. The first-order chi connectivity index (χ1) is 60.8. The fourth-order valence-corrected chi connectivity index (χ4v) is 14.7. The van der Waals surface area contributed by atoms with Crippen LogP contribution in [0, 0.1) is 0 Å². The number of amides is 9. The molecule has 0 radical (unpaired) electrons. The Balaban J connectivity index is 0.000000138. The van der Waals surface area contributed by atoms with Crippen molar-refractivity contribution >= 4 is 128 Å². The Hall–Kier alpha value is -15.0. The van der Waals surface area contributed by atoms with Gasteiger partial charge in [0.05, 0.1) is 52.7 Å². The van der Waals surface area contributed by atoms with Crippen molar-refractivity contribution in [1.82, 2.24) is 74.5 Å². The number of anilines is 6. The molecule has 6 fully saturated rings. The number of carbonyl (C=O) groups excluding carboxylic acids is 6. The van der Waals surface area contributed by atoms with Gasteiger partial charge >= 0.3 is 36.0 Å². The average molecular weight is 1700 g/mol. The van der Waals surface area contributed by atoms with Gasteiger partial charge in [0.25, 0.3) is 17.7 Å². The number of urea groups is 3. The molecule has 0 aliphatic carbocycles. The van der Waals surface area contributed by atoms with Crippen molar-refractivity contribution < 1.29 is 101 Å². The van der Waals surface area contributed by atoms with E-state index in [4.69, 9.17) is 42.6 Å². The van der Waals surface area contributed by atoms with Gasteiger partial charge in [-0.2, -0.15) is 0 Å². The van der Waals surface area contributed by atoms with E-state index in [0.717, 1.165) is 16.7 Å². The maximum absolute atomic E-state index is 13.5. The zero-order chi connectivity index (χ0) is 86.9. The molecular formula is C83H77N21O21. The Labute approximate surface area is 706 Å². The molecule has 0 saturated carbocycles. The Kier molecular flexibility index (Phi) is 24.8. The number of imidazole rings is 3. The number of hydrogen-bond acceptors (Lipinski definition) is 27. The number of nitrogens with one attached hydrogen (secondary N) is 9. The number of carbonyl (C=O) groups is 9. The molecule has 12 unspecified atom stereocenters. The molecule has 640 valence electrons. The molecule has 6 saturated heterocycles. The largest absolute Gasteiger partial charge is 0.478 e. The van der Waals surface area contributed by atoms with Gasteiger partial charge in [-0.05, 0) is 68.8 Å². The van der Waals surface area contributed by atoms with E-state index in [1.165, 1.54) is 74.4 Å². The number of hydrogen-bond donors (Lipinski definition) is 12. The Morgan fingerprint density at radius 2 is 0.640 bits per heavy atom. The van der Waals surface area contributed by atoms with Gasteiger partial charge in [-0.3, -0.25) is 44.0 Å². The zero-order valence-electron chi connectivity index (χ0n) is 66.0. The topological polar surface area (TPSA) is 536 Å². The van der Waals surface area contributed by atoms with Gasteiger partial charge in [0.2, 0.25) is 0 Å². The van der Waals surface area contributed by atoms with Gasteiger partial charge in [0.1, 0.15) is 55.6 Å². The lowest BCUT2D eigenvalue weighted by Crippen LogP contribution is -2.38. The minimum atomic E-state index is -1.19. The third-order valence-electron chi connectivity index (χ3n) is 20.3. The van der Waals surface area contributed by atoms with E-state index >= 15 is 0 Å². The van der Waals surface area contributed by atoms with E-state index in [1.54, 1.807) is 76.9 Å². The van der Waals surface area contributed by atoms with Crippen LogP contribution in [0.4, 0.5) is 48.9 Å². The van der Waals surface area contributed by atoms with Crippen LogP contribution in [0.5, 0.6) is 0 Å². The Morgan fingerprint density at radius 3 is 0.976 bits per heavy atom. The van der Waals surface area contributed by atoms with Crippen molar-refractivity contribution in [1.29, 1.82) is 0 Å². The quantitative estimate of drug-likeness (QED) is 0.0303. The van der Waals surface area contributed by atoms with E-state index in [1.807, 2.05) is 97.1 Å². The number of carboxylic acid groups (broad SMARTS) is 3. The molecule has 18 rings (SSSR count). The van der Waals surface area contributed by atoms with Crippen LogP contribution < -0.4 is 47.9 Å². The van der Waals surface area contributed by atoms with Gasteiger partial charge in [-0.15, -0.1) is 0 Å². The number of fused-ring (bicyclic) bond motifs is 6. The normalized spacial score (nSPS) is 23.1. The van der Waals surface area contributed by atoms with E-state index in [-0.39, 0.29) is 51.2 Å². The fourth-order valence-electron chi connectivity index (χ4n) is 14.7. The van der Waals surface area contributed by atoms with Crippen LogP contribution in [0.1, 0.15) is 99.8 Å². The van der Waals surface area contributed by atoms with Crippen molar-refractivity contribution in [3.63, 3.8) is 0 Å². The molecule has 6 aromatic heterocycles. The molecule has 125 heavy (non-hydrogen) atoms. The van der Waals surface area contributed by atoms with Crippen molar-refractivity contribution in [2.75, 3.05) is 51.5 Å². The van der Waals surface area contributed by atoms with Gasteiger partial charge < -0.3 is 89.9 Å². The van der Waals surface area contributed by atoms with Gasteiger partial charge in [-0.25, -0.2) is 73.6 Å². The molecule has 0 bridgehead atoms. The Morgan fingerprint density at radius 1 is 0.344 bits per heavy atom. The van der Waals surface area contributed by atoms with Crippen molar-refractivity contribution in [2.24, 2.45) is 0 Å². The summed E-state index contributed by atoms with van der Waals surface area (Å²) in [7, 11) is 0. The van der Waals surface area contributed by atoms with Crippen LogP contribution >= 0.6 is 0 Å². The summed E-state index contributed by atoms with van der Waals surface area (Å²) in [5.41, 5.74) is 4.50. The summed E-state index contributed by atoms with van der Waals surface area (Å²) in [6, 6.07) is 45.0. The highest BCUT2D eigenvalue weighted by Crippen LogP contribution is 2.48. The van der Waals surface area contributed by atoms with Crippen molar-refractivity contribution in [2.45, 2.75) is 113 Å². The highest BCUT2D eigenvalue weighted by molar-refractivity contribution is 6.05. The number of benzene rings is 6. The number of para-hydroxylation sites is 3. The molecule has 6 aliphatic heterocycles. The van der Waals surface area contributed by atoms with Gasteiger partial charge in [-0.1, -0.05) is 133 Å². The maximum atomic E-state index is 13.5. The number of carboxylic acids is 3. The van der Waals surface area contributed by atoms with Crippen LogP contribution in [0.15, 0.2) is 208 Å². The first kappa shape index (κ1) is 83.6. The molecular weight excluding hydrogens is 1630 g/mol. The first-order valence-corrected chi connectivity index (χ1v) is 39.1. The molecule has 12 aromatic rings. The number of ether oxygens (including phenoxy) is 9. The minimum Gasteiger partial charge on any atom is -0.478 e. The van der Waals surface area contributed by atoms with E-state index in [2.05, 4.69) is 92.7 Å². The molecule has 0 spiro atoms. The predicted octanol–water partition coefficient (Wildman–Crippen LogP) is 8.40. The molecule has 9 amide bonds. The lowest BCUT2D eigenvalue weighted by Gasteiger charge is -2.21. The smallest absolute Gasteiger partial charge is 0.337 e. The lowest BCUT2D eigenvalue weighted by atomic mass is 10.1. The number of rotatable bonds is 22. The highest BCUT2D eigenvalue weighted by atomic mass is 16.8. The number of aromatic carboxylic acids is 3. The summed E-state index contributed by atoms with van der Waals surface area (Å²) >= 11 is 0. The predicted molar refractivity (Wildman–Crippen MR) is 439 cm³/mol. The molecule has 6 aromatic carbocycles. The average Bonchev–Trinajstić information content (AvgIpc) is 1.59. The molecule has 42 heteroatoms. The van der Waals surface area contributed by atoms with Gasteiger partial charge in [0, 0.05) is 30.8 Å². The standard InChI is InChI=1S/C29H27N7O7.2C27H25N7O7/c1-2-30-29(40)35-24-20-25(32-14-31-24)36(15-33-20)27-23-21(41-19(42-23)13-12-16-8-4-3-5-9-16)22(43-27)26(37)34-18-11-7-6-10-17(18)28(38)39;2*1-2-28-27(38)33-21-17-22(30-12-29-21)34(13-31-17)24-20-18(40-26(41-20)14-8-4-3-5-9-14)19(39-24)23(35)32-16-11-7-6-10-15(16)25(36)37/h3-15,19,21-23,27H,2H2,1H3,(H,34,37)(H,38,39)(H2,30,31,32,35,40);2*3-13,18-20,24,26H,2H2,1H3,(H,32,35)(H,36,37)(H2,28,29,30,33,38)/b13-12+;;/t19-,21?,22?,23?,27?;2*18?,19?,20?,24?,26-/m010/s1. The number of aromatic nitrogens is 12. The summed E-state index contributed by atoms with van der Waals surface area (Å²) in [6.07, 6.45) is -1.69. The molecule has 12 N–H and O–H groups in total. The van der Waals surface area contributed by atoms with E-state index in [0.29, 0.717) is 53.1 Å². The minimum absolute atomic E-state index is 0.0675. The van der Waals surface area contributed by atoms with Crippen LogP contribution in [0.2, 0.25) is 0 Å². The summed E-state index contributed by atoms with van der Waals surface area (Å²) < 4.78 is 60.8. The molecule has 12 heterocycles. The first-order valence-electron chi connectivity index (χ1n) is 39.1. The highest BCUT2D eigenvalue weighted by Gasteiger charge is 2.60. The summed E-state index contributed by atoms with van der Waals surface area (Å²) in [5, 5.41) is 52.5. The van der Waals surface area contributed by atoms with Crippen molar-refractivity contribution in [3.8, 4) is 0 Å². The second-order valence-corrected chi connectivity index (χ2v) is 28.2. The second kappa shape index (κ2) is 37.1. The summed E-state index contributed by atoms with van der Waals surface area (Å²) in [4.78, 5) is 151. The van der Waals surface area contributed by atoms with E-state index < -0.39 is 146 Å². The summed E-state index contributed by atoms with van der Waals surface area (Å²) in [5.74, 6) is -4.80. The summed E-state index contributed by atoms with van der Waals surface area (Å²) in [6.45, 7) is 6.64. The van der Waals surface area contributed by atoms with Crippen molar-refractivity contribution in [3.05, 3.63) is 241 Å². The lowest BCUT2D eigenvalue weighted by molar-refractivity contribution is -0.158. The van der Waals surface area contributed by atoms with Crippen LogP contribution in [0.25, 0.3) is 39.6 Å². The monoisotopic (exact) mass is 1700 g/mol. The molecule has 6 aliphatic rings. The van der Waals surface area contributed by atoms with Crippen LogP contribution in [-0.2, 0) is 57.0 Å². The number of nitrogens with zero attached hydrogens (tertiary/aromatic N) is 12.